The van der Waals surface area contributed by atoms with Crippen molar-refractivity contribution in [2.45, 2.75) is 39.3 Å². The summed E-state index contributed by atoms with van der Waals surface area (Å²) in [4.78, 5) is 17.2. The first kappa shape index (κ1) is 21.6. The number of amides is 1. The lowest BCUT2D eigenvalue weighted by Gasteiger charge is -2.12. The zero-order chi connectivity index (χ0) is 22.3. The van der Waals surface area contributed by atoms with E-state index in [0.717, 1.165) is 35.6 Å². The zero-order valence-electron chi connectivity index (χ0n) is 18.6. The summed E-state index contributed by atoms with van der Waals surface area (Å²) >= 11 is 0. The normalized spacial score (nSPS) is 11.1. The molecule has 164 valence electrons. The Hall–Kier alpha value is -3.60. The van der Waals surface area contributed by atoms with Crippen molar-refractivity contribution in [3.05, 3.63) is 95.8 Å². The molecule has 0 radical (unpaired) electrons. The van der Waals surface area contributed by atoms with Gasteiger partial charge in [0.2, 0.25) is 0 Å². The molecule has 0 bridgehead atoms. The Kier molecular flexibility index (Phi) is 6.85. The maximum absolute atomic E-state index is 12.5. The average molecular weight is 428 g/mol. The summed E-state index contributed by atoms with van der Waals surface area (Å²) in [6, 6.07) is 25.6. The minimum atomic E-state index is -0.0996. The van der Waals surface area contributed by atoms with Crippen molar-refractivity contribution in [2.75, 3.05) is 6.61 Å². The van der Waals surface area contributed by atoms with Crippen molar-refractivity contribution in [2.24, 2.45) is 0 Å². The van der Waals surface area contributed by atoms with Gasteiger partial charge in [0.25, 0.3) is 5.91 Å². The highest BCUT2D eigenvalue weighted by Gasteiger charge is 2.12. The number of imidazole rings is 1. The number of aromatic nitrogens is 2. The molecule has 0 unspecified atom stereocenters. The predicted molar refractivity (Wildman–Crippen MR) is 128 cm³/mol. The second-order valence-corrected chi connectivity index (χ2v) is 8.14. The van der Waals surface area contributed by atoms with Crippen LogP contribution in [0.15, 0.2) is 78.9 Å². The van der Waals surface area contributed by atoms with Gasteiger partial charge in [0.1, 0.15) is 11.6 Å². The van der Waals surface area contributed by atoms with Gasteiger partial charge < -0.3 is 14.6 Å². The molecule has 1 N–H and O–H groups in total. The molecule has 0 atom stereocenters. The first-order chi connectivity index (χ1) is 15.6. The number of aryl methyl sites for hydroxylation is 1. The number of benzene rings is 3. The fraction of sp³-hybridized carbons (Fsp3) is 0.259. The van der Waals surface area contributed by atoms with Gasteiger partial charge in [-0.3, -0.25) is 4.79 Å². The lowest BCUT2D eigenvalue weighted by atomic mass is 10.0. The molecule has 5 heteroatoms. The molecular formula is C27H29N3O2. The molecule has 4 rings (SSSR count). The van der Waals surface area contributed by atoms with Gasteiger partial charge in [0.05, 0.1) is 24.2 Å². The number of ether oxygens (including phenoxy) is 1. The zero-order valence-corrected chi connectivity index (χ0v) is 18.6. The van der Waals surface area contributed by atoms with Gasteiger partial charge in [-0.1, -0.05) is 56.3 Å². The van der Waals surface area contributed by atoms with Crippen LogP contribution in [0.4, 0.5) is 0 Å². The molecule has 0 aliphatic carbocycles. The number of nitrogens with one attached hydrogen (secondary N) is 1. The maximum atomic E-state index is 12.5. The van der Waals surface area contributed by atoms with Crippen LogP contribution in [0.2, 0.25) is 0 Å². The number of carbonyl (C=O) groups is 1. The molecule has 0 saturated carbocycles. The Bertz CT molecular complexity index is 1160. The Balaban J connectivity index is 1.39. The summed E-state index contributed by atoms with van der Waals surface area (Å²) in [6.07, 6.45) is 0.839. The Morgan fingerprint density at radius 2 is 1.69 bits per heavy atom. The second-order valence-electron chi connectivity index (χ2n) is 8.14. The van der Waals surface area contributed by atoms with E-state index < -0.39 is 0 Å². The third-order valence-corrected chi connectivity index (χ3v) is 5.52. The van der Waals surface area contributed by atoms with Gasteiger partial charge >= 0.3 is 0 Å². The number of carbonyl (C=O) groups excluding carboxylic acids is 1. The summed E-state index contributed by atoms with van der Waals surface area (Å²) in [7, 11) is 0. The molecule has 0 aliphatic rings. The van der Waals surface area contributed by atoms with Crippen LogP contribution in [-0.2, 0) is 13.1 Å². The molecule has 4 aromatic rings. The summed E-state index contributed by atoms with van der Waals surface area (Å²) in [5.41, 5.74) is 3.95. The SMILES string of the molecule is CC(C)c1ccc(OCCCn2c(CNC(=O)c3ccccc3)nc3ccccc32)cc1. The van der Waals surface area contributed by atoms with Crippen LogP contribution in [0.3, 0.4) is 0 Å². The summed E-state index contributed by atoms with van der Waals surface area (Å²) in [5.74, 6) is 2.15. The van der Waals surface area contributed by atoms with Crippen LogP contribution in [0.1, 0.15) is 47.9 Å². The van der Waals surface area contributed by atoms with Crippen LogP contribution in [0, 0.1) is 0 Å². The third-order valence-electron chi connectivity index (χ3n) is 5.52. The quantitative estimate of drug-likeness (QED) is 0.356. The molecule has 0 saturated heterocycles. The van der Waals surface area contributed by atoms with Crippen LogP contribution >= 0.6 is 0 Å². The van der Waals surface area contributed by atoms with Crippen molar-refractivity contribution >= 4 is 16.9 Å². The van der Waals surface area contributed by atoms with Crippen LogP contribution < -0.4 is 10.1 Å². The van der Waals surface area contributed by atoms with E-state index in [0.29, 0.717) is 24.6 Å². The van der Waals surface area contributed by atoms with E-state index in [1.165, 1.54) is 5.56 Å². The van der Waals surface area contributed by atoms with Crippen molar-refractivity contribution < 1.29 is 9.53 Å². The van der Waals surface area contributed by atoms with Gasteiger partial charge in [-0.25, -0.2) is 4.98 Å². The highest BCUT2D eigenvalue weighted by Crippen LogP contribution is 2.20. The highest BCUT2D eigenvalue weighted by molar-refractivity contribution is 5.94. The van der Waals surface area contributed by atoms with Crippen molar-refractivity contribution in [1.29, 1.82) is 0 Å². The molecule has 1 heterocycles. The lowest BCUT2D eigenvalue weighted by Crippen LogP contribution is -2.24. The number of fused-ring (bicyclic) bond motifs is 1. The summed E-state index contributed by atoms with van der Waals surface area (Å²) < 4.78 is 8.12. The number of para-hydroxylation sites is 2. The van der Waals surface area contributed by atoms with Crippen LogP contribution in [-0.4, -0.2) is 22.1 Å². The van der Waals surface area contributed by atoms with Gasteiger partial charge in [0, 0.05) is 12.1 Å². The van der Waals surface area contributed by atoms with Gasteiger partial charge in [-0.2, -0.15) is 0 Å². The first-order valence-electron chi connectivity index (χ1n) is 11.1. The Morgan fingerprint density at radius 1 is 0.969 bits per heavy atom. The van der Waals surface area contributed by atoms with Gasteiger partial charge in [0.15, 0.2) is 0 Å². The van der Waals surface area contributed by atoms with Crippen molar-refractivity contribution in [3.63, 3.8) is 0 Å². The number of nitrogens with zero attached hydrogens (tertiary/aromatic N) is 2. The fourth-order valence-corrected chi connectivity index (χ4v) is 3.72. The molecule has 3 aromatic carbocycles. The molecule has 1 amide bonds. The molecule has 0 fully saturated rings. The van der Waals surface area contributed by atoms with E-state index in [2.05, 4.69) is 41.9 Å². The highest BCUT2D eigenvalue weighted by atomic mass is 16.5. The number of hydrogen-bond acceptors (Lipinski definition) is 3. The molecule has 1 aromatic heterocycles. The molecule has 32 heavy (non-hydrogen) atoms. The molecular weight excluding hydrogens is 398 g/mol. The minimum Gasteiger partial charge on any atom is -0.494 e. The van der Waals surface area contributed by atoms with E-state index in [-0.39, 0.29) is 5.91 Å². The van der Waals surface area contributed by atoms with Crippen LogP contribution in [0.5, 0.6) is 5.75 Å². The number of rotatable bonds is 9. The summed E-state index contributed by atoms with van der Waals surface area (Å²) in [6.45, 7) is 6.13. The standard InChI is InChI=1S/C27H29N3O2/c1-20(2)21-13-15-23(16-14-21)32-18-8-17-30-25-12-7-6-11-24(25)29-26(30)19-28-27(31)22-9-4-3-5-10-22/h3-7,9-16,20H,8,17-19H2,1-2H3,(H,28,31). The van der Waals surface area contributed by atoms with Crippen molar-refractivity contribution in [3.8, 4) is 5.75 Å². The lowest BCUT2D eigenvalue weighted by molar-refractivity contribution is 0.0949. The number of hydrogen-bond donors (Lipinski definition) is 1. The predicted octanol–water partition coefficient (Wildman–Crippen LogP) is 5.56. The smallest absolute Gasteiger partial charge is 0.251 e. The van der Waals surface area contributed by atoms with E-state index in [4.69, 9.17) is 9.72 Å². The van der Waals surface area contributed by atoms with Crippen molar-refractivity contribution in [1.82, 2.24) is 14.9 Å². The molecule has 0 spiro atoms. The topological polar surface area (TPSA) is 56.1 Å². The van der Waals surface area contributed by atoms with Crippen LogP contribution in [0.25, 0.3) is 11.0 Å². The Labute approximate surface area is 189 Å². The Morgan fingerprint density at radius 3 is 2.44 bits per heavy atom. The minimum absolute atomic E-state index is 0.0996. The fourth-order valence-electron chi connectivity index (χ4n) is 3.72. The monoisotopic (exact) mass is 427 g/mol. The van der Waals surface area contributed by atoms with Gasteiger partial charge in [-0.05, 0) is 54.3 Å². The van der Waals surface area contributed by atoms with E-state index >= 15 is 0 Å². The average Bonchev–Trinajstić information content (AvgIpc) is 3.18. The molecule has 0 aliphatic heterocycles. The third kappa shape index (κ3) is 5.17. The largest absolute Gasteiger partial charge is 0.494 e. The second kappa shape index (κ2) is 10.1. The van der Waals surface area contributed by atoms with E-state index in [9.17, 15) is 4.79 Å². The van der Waals surface area contributed by atoms with E-state index in [1.807, 2.05) is 60.7 Å². The van der Waals surface area contributed by atoms with E-state index in [1.54, 1.807) is 0 Å². The maximum Gasteiger partial charge on any atom is 0.251 e. The first-order valence-corrected chi connectivity index (χ1v) is 11.1. The molecule has 5 nitrogen and oxygen atoms in total. The summed E-state index contributed by atoms with van der Waals surface area (Å²) in [5, 5.41) is 2.99. The van der Waals surface area contributed by atoms with Gasteiger partial charge in [-0.15, -0.1) is 0 Å².